The van der Waals surface area contributed by atoms with Crippen molar-refractivity contribution in [1.82, 2.24) is 9.97 Å². The van der Waals surface area contributed by atoms with E-state index < -0.39 is 10.0 Å². The fourth-order valence-electron chi connectivity index (χ4n) is 1.41. The van der Waals surface area contributed by atoms with Gasteiger partial charge in [0, 0.05) is 5.69 Å². The minimum absolute atomic E-state index is 0.00316. The Morgan fingerprint density at radius 2 is 1.80 bits per heavy atom. The van der Waals surface area contributed by atoms with Crippen LogP contribution in [0.25, 0.3) is 0 Å². The largest absolute Gasteiger partial charge is 0.398 e. The first-order valence-electron chi connectivity index (χ1n) is 5.36. The highest BCUT2D eigenvalue weighted by atomic mass is 35.5. The summed E-state index contributed by atoms with van der Waals surface area (Å²) in [6.45, 7) is 1.78. The highest BCUT2D eigenvalue weighted by Gasteiger charge is 2.19. The lowest BCUT2D eigenvalue weighted by Gasteiger charge is -2.11. The Kier molecular flexibility index (Phi) is 4.03. The highest BCUT2D eigenvalue weighted by Crippen LogP contribution is 2.28. The van der Waals surface area contributed by atoms with E-state index in [0.717, 1.165) is 11.9 Å². The zero-order valence-corrected chi connectivity index (χ0v) is 12.6. The molecule has 0 aliphatic carbocycles. The highest BCUT2D eigenvalue weighted by molar-refractivity contribution is 7.92. The lowest BCUT2D eigenvalue weighted by molar-refractivity contribution is 0.601. The fourth-order valence-corrected chi connectivity index (χ4v) is 3.04. The van der Waals surface area contributed by atoms with Gasteiger partial charge in [-0.2, -0.15) is 0 Å². The molecular weight excluding hydrogens is 323 g/mol. The van der Waals surface area contributed by atoms with E-state index in [1.54, 1.807) is 13.0 Å². The molecule has 1 aromatic carbocycles. The number of sulfonamides is 1. The Balaban J connectivity index is 2.43. The maximum absolute atomic E-state index is 12.2. The number of aromatic nitrogens is 2. The molecule has 1 heterocycles. The number of nitrogen functional groups attached to an aromatic ring is 1. The van der Waals surface area contributed by atoms with Crippen LogP contribution in [0.2, 0.25) is 10.3 Å². The van der Waals surface area contributed by atoms with Crippen LogP contribution in [0.15, 0.2) is 29.4 Å². The van der Waals surface area contributed by atoms with E-state index in [4.69, 9.17) is 28.9 Å². The van der Waals surface area contributed by atoms with E-state index >= 15 is 0 Å². The van der Waals surface area contributed by atoms with Crippen LogP contribution in [0, 0.1) is 6.92 Å². The molecule has 106 valence electrons. The van der Waals surface area contributed by atoms with Gasteiger partial charge in [-0.25, -0.2) is 18.4 Å². The summed E-state index contributed by atoms with van der Waals surface area (Å²) in [4.78, 5) is 7.33. The van der Waals surface area contributed by atoms with Crippen LogP contribution in [0.1, 0.15) is 5.56 Å². The van der Waals surface area contributed by atoms with Crippen molar-refractivity contribution in [1.29, 1.82) is 0 Å². The second-order valence-electron chi connectivity index (χ2n) is 3.95. The van der Waals surface area contributed by atoms with Gasteiger partial charge in [0.1, 0.15) is 12.0 Å². The fraction of sp³-hybridized carbons (Fsp3) is 0.0909. The molecule has 0 atom stereocenters. The van der Waals surface area contributed by atoms with Gasteiger partial charge in [-0.1, -0.05) is 29.3 Å². The van der Waals surface area contributed by atoms with Crippen LogP contribution in [0.5, 0.6) is 0 Å². The van der Waals surface area contributed by atoms with E-state index in [-0.39, 0.29) is 20.9 Å². The molecule has 0 unspecified atom stereocenters. The Bertz CT molecular complexity index is 745. The summed E-state index contributed by atoms with van der Waals surface area (Å²) in [6, 6.07) is 4.39. The first kappa shape index (κ1) is 14.8. The molecular formula is C11H10Cl2N4O2S. The van der Waals surface area contributed by atoms with Gasteiger partial charge >= 0.3 is 0 Å². The van der Waals surface area contributed by atoms with Crippen molar-refractivity contribution in [3.05, 3.63) is 40.4 Å². The summed E-state index contributed by atoms with van der Waals surface area (Å²) in [5.41, 5.74) is 6.78. The van der Waals surface area contributed by atoms with Crippen molar-refractivity contribution < 1.29 is 8.42 Å². The van der Waals surface area contributed by atoms with Crippen molar-refractivity contribution in [3.8, 4) is 0 Å². The number of anilines is 2. The number of nitrogens with one attached hydrogen (secondary N) is 1. The summed E-state index contributed by atoms with van der Waals surface area (Å²) in [7, 11) is -3.88. The number of rotatable bonds is 3. The third-order valence-electron chi connectivity index (χ3n) is 2.55. The number of hydrogen-bond acceptors (Lipinski definition) is 5. The number of nitrogens with zero attached hydrogens (tertiary/aromatic N) is 2. The van der Waals surface area contributed by atoms with Gasteiger partial charge in [-0.3, -0.25) is 4.72 Å². The van der Waals surface area contributed by atoms with Crippen LogP contribution < -0.4 is 10.5 Å². The Morgan fingerprint density at radius 1 is 1.20 bits per heavy atom. The maximum Gasteiger partial charge on any atom is 0.262 e. The molecule has 3 N–H and O–H groups in total. The smallest absolute Gasteiger partial charge is 0.262 e. The van der Waals surface area contributed by atoms with Crippen LogP contribution in [-0.4, -0.2) is 18.4 Å². The van der Waals surface area contributed by atoms with Crippen LogP contribution in [0.3, 0.4) is 0 Å². The summed E-state index contributed by atoms with van der Waals surface area (Å²) in [5, 5.41) is -0.178. The summed E-state index contributed by atoms with van der Waals surface area (Å²) in [6.07, 6.45) is 1.13. The van der Waals surface area contributed by atoms with Gasteiger partial charge in [0.25, 0.3) is 10.0 Å². The Labute approximate surface area is 126 Å². The predicted octanol–water partition coefficient (Wildman–Crippen LogP) is 2.47. The molecule has 6 nitrogen and oxygen atoms in total. The minimum atomic E-state index is -3.88. The zero-order chi connectivity index (χ0) is 14.9. The van der Waals surface area contributed by atoms with E-state index in [1.807, 2.05) is 0 Å². The topological polar surface area (TPSA) is 98.0 Å². The van der Waals surface area contributed by atoms with Gasteiger partial charge in [0.05, 0.1) is 4.90 Å². The van der Waals surface area contributed by atoms with Crippen molar-refractivity contribution in [2.75, 3.05) is 10.5 Å². The lowest BCUT2D eigenvalue weighted by Crippen LogP contribution is -2.14. The minimum Gasteiger partial charge on any atom is -0.398 e. The van der Waals surface area contributed by atoms with Crippen LogP contribution >= 0.6 is 23.2 Å². The van der Waals surface area contributed by atoms with Crippen LogP contribution in [0.4, 0.5) is 11.4 Å². The number of nitrogens with two attached hydrogens (primary N) is 1. The molecule has 0 radical (unpaired) electrons. The second kappa shape index (κ2) is 5.43. The first-order valence-corrected chi connectivity index (χ1v) is 7.60. The van der Waals surface area contributed by atoms with Crippen molar-refractivity contribution >= 4 is 44.6 Å². The van der Waals surface area contributed by atoms with E-state index in [1.165, 1.54) is 12.1 Å². The third kappa shape index (κ3) is 2.95. The summed E-state index contributed by atoms with van der Waals surface area (Å²) >= 11 is 11.6. The number of benzene rings is 1. The first-order chi connectivity index (χ1) is 9.31. The van der Waals surface area contributed by atoms with E-state index in [0.29, 0.717) is 5.69 Å². The maximum atomic E-state index is 12.2. The molecule has 0 fully saturated rings. The van der Waals surface area contributed by atoms with Gasteiger partial charge in [-0.15, -0.1) is 0 Å². The molecule has 0 bridgehead atoms. The average molecular weight is 333 g/mol. The molecule has 1 aromatic heterocycles. The molecule has 20 heavy (non-hydrogen) atoms. The molecule has 0 saturated heterocycles. The Morgan fingerprint density at radius 3 is 2.35 bits per heavy atom. The summed E-state index contributed by atoms with van der Waals surface area (Å²) < 4.78 is 26.7. The van der Waals surface area contributed by atoms with Gasteiger partial charge in [-0.05, 0) is 24.6 Å². The second-order valence-corrected chi connectivity index (χ2v) is 6.35. The number of hydrogen-bond donors (Lipinski definition) is 2. The molecule has 2 aromatic rings. The summed E-state index contributed by atoms with van der Waals surface area (Å²) in [5.74, 6) is 0. The van der Waals surface area contributed by atoms with Gasteiger partial charge < -0.3 is 5.73 Å². The standard InChI is InChI=1S/C11H10Cl2N4O2S/c1-6-2-3-7(4-8(6)14)20(18,19)17-9-10(12)15-5-16-11(9)13/h2-5,17H,14H2,1H3. The average Bonchev–Trinajstić information content (AvgIpc) is 2.37. The van der Waals surface area contributed by atoms with Gasteiger partial charge in [0.2, 0.25) is 0 Å². The Hall–Kier alpha value is -1.57. The third-order valence-corrected chi connectivity index (χ3v) is 4.47. The zero-order valence-electron chi connectivity index (χ0n) is 10.3. The molecule has 9 heteroatoms. The van der Waals surface area contributed by atoms with Crippen molar-refractivity contribution in [3.63, 3.8) is 0 Å². The van der Waals surface area contributed by atoms with E-state index in [2.05, 4.69) is 14.7 Å². The van der Waals surface area contributed by atoms with Crippen molar-refractivity contribution in [2.24, 2.45) is 0 Å². The molecule has 0 aliphatic rings. The quantitative estimate of drug-likeness (QED) is 0.664. The van der Waals surface area contributed by atoms with Crippen molar-refractivity contribution in [2.45, 2.75) is 11.8 Å². The predicted molar refractivity (Wildman–Crippen MR) is 78.5 cm³/mol. The molecule has 0 spiro atoms. The lowest BCUT2D eigenvalue weighted by atomic mass is 10.2. The number of halogens is 2. The van der Waals surface area contributed by atoms with Crippen LogP contribution in [-0.2, 0) is 10.0 Å². The normalized spacial score (nSPS) is 11.3. The SMILES string of the molecule is Cc1ccc(S(=O)(=O)Nc2c(Cl)ncnc2Cl)cc1N. The molecule has 0 amide bonds. The molecule has 2 rings (SSSR count). The van der Waals surface area contributed by atoms with E-state index in [9.17, 15) is 8.42 Å². The molecule has 0 saturated carbocycles. The number of aryl methyl sites for hydroxylation is 1. The monoisotopic (exact) mass is 332 g/mol. The molecule has 0 aliphatic heterocycles. The van der Waals surface area contributed by atoms with Gasteiger partial charge in [0.15, 0.2) is 10.3 Å².